The molecule has 20 heavy (non-hydrogen) atoms. The lowest BCUT2D eigenvalue weighted by molar-refractivity contribution is 0.790. The predicted molar refractivity (Wildman–Crippen MR) is 83.0 cm³/mol. The van der Waals surface area contributed by atoms with Gasteiger partial charge in [-0.3, -0.25) is 0 Å². The molecule has 3 rings (SSSR count). The van der Waals surface area contributed by atoms with Gasteiger partial charge >= 0.3 is 0 Å². The van der Waals surface area contributed by atoms with Gasteiger partial charge in [0.25, 0.3) is 0 Å². The lowest BCUT2D eigenvalue weighted by Crippen LogP contribution is -2.05. The van der Waals surface area contributed by atoms with Gasteiger partial charge in [0, 0.05) is 19.0 Å². The second kappa shape index (κ2) is 6.85. The molecule has 1 aromatic carbocycles. The van der Waals surface area contributed by atoms with Crippen LogP contribution in [-0.2, 0) is 12.8 Å². The molecule has 0 amide bonds. The Morgan fingerprint density at radius 3 is 2.45 bits per heavy atom. The van der Waals surface area contributed by atoms with E-state index in [1.807, 2.05) is 36.7 Å². The van der Waals surface area contributed by atoms with Gasteiger partial charge in [-0.25, -0.2) is 9.50 Å². The van der Waals surface area contributed by atoms with Gasteiger partial charge in [0.15, 0.2) is 0 Å². The highest BCUT2D eigenvalue weighted by atomic mass is 15.2. The Hall–Kier alpha value is -2.16. The number of rotatable bonds is 3. The molecule has 0 saturated carbocycles. The van der Waals surface area contributed by atoms with Crippen molar-refractivity contribution >= 4 is 5.52 Å². The molecule has 3 aromatic rings. The second-order valence-electron chi connectivity index (χ2n) is 4.33. The highest BCUT2D eigenvalue weighted by molar-refractivity contribution is 5.52. The van der Waals surface area contributed by atoms with E-state index in [0.29, 0.717) is 0 Å². The highest BCUT2D eigenvalue weighted by Gasteiger charge is 2.07. The molecule has 0 unspecified atom stereocenters. The fraction of sp³-hybridized carbons (Fsp3) is 0.294. The highest BCUT2D eigenvalue weighted by Crippen LogP contribution is 2.14. The SMILES string of the molecule is CC.CCc1nc(Cc2ccccc2)c2cccn2n1. The van der Waals surface area contributed by atoms with Crippen LogP contribution in [0.5, 0.6) is 0 Å². The van der Waals surface area contributed by atoms with Gasteiger partial charge in [-0.1, -0.05) is 51.1 Å². The van der Waals surface area contributed by atoms with Crippen LogP contribution in [0, 0.1) is 0 Å². The molecule has 2 heterocycles. The van der Waals surface area contributed by atoms with Crippen LogP contribution in [0.1, 0.15) is 37.9 Å². The van der Waals surface area contributed by atoms with E-state index in [-0.39, 0.29) is 0 Å². The molecule has 0 bridgehead atoms. The number of aryl methyl sites for hydroxylation is 1. The van der Waals surface area contributed by atoms with Crippen LogP contribution >= 0.6 is 0 Å². The fourth-order valence-corrected chi connectivity index (χ4v) is 2.12. The zero-order valence-electron chi connectivity index (χ0n) is 12.4. The summed E-state index contributed by atoms with van der Waals surface area (Å²) in [7, 11) is 0. The van der Waals surface area contributed by atoms with Gasteiger partial charge in [-0.05, 0) is 17.7 Å². The fourth-order valence-electron chi connectivity index (χ4n) is 2.12. The quantitative estimate of drug-likeness (QED) is 0.720. The van der Waals surface area contributed by atoms with Crippen LogP contribution in [0.3, 0.4) is 0 Å². The Labute approximate surface area is 120 Å². The van der Waals surface area contributed by atoms with Crippen LogP contribution < -0.4 is 0 Å². The zero-order valence-corrected chi connectivity index (χ0v) is 12.4. The molecule has 0 atom stereocenters. The normalized spacial score (nSPS) is 10.2. The monoisotopic (exact) mass is 267 g/mol. The summed E-state index contributed by atoms with van der Waals surface area (Å²) in [6.07, 6.45) is 3.68. The Morgan fingerprint density at radius 1 is 1.00 bits per heavy atom. The lowest BCUT2D eigenvalue weighted by atomic mass is 10.1. The van der Waals surface area contributed by atoms with E-state index in [9.17, 15) is 0 Å². The minimum atomic E-state index is 0.851. The van der Waals surface area contributed by atoms with Crippen LogP contribution in [-0.4, -0.2) is 14.6 Å². The third-order valence-corrected chi connectivity index (χ3v) is 3.04. The molecule has 0 spiro atoms. The Morgan fingerprint density at radius 2 is 1.75 bits per heavy atom. The lowest BCUT2D eigenvalue weighted by Gasteiger charge is -2.06. The standard InChI is InChI=1S/C15H15N3.C2H6/c1-2-15-16-13(11-12-7-4-3-5-8-12)14-9-6-10-18(14)17-15;1-2/h3-10H,2,11H2,1H3;1-2H3. The Bertz CT molecular complexity index is 656. The summed E-state index contributed by atoms with van der Waals surface area (Å²) in [6.45, 7) is 6.08. The van der Waals surface area contributed by atoms with Crippen molar-refractivity contribution in [1.82, 2.24) is 14.6 Å². The van der Waals surface area contributed by atoms with Crippen molar-refractivity contribution in [3.05, 3.63) is 65.7 Å². The van der Waals surface area contributed by atoms with Crippen molar-refractivity contribution in [3.63, 3.8) is 0 Å². The van der Waals surface area contributed by atoms with E-state index >= 15 is 0 Å². The molecule has 0 aliphatic carbocycles. The molecule has 3 heteroatoms. The molecule has 0 fully saturated rings. The number of hydrogen-bond donors (Lipinski definition) is 0. The molecule has 2 aromatic heterocycles. The van der Waals surface area contributed by atoms with Crippen LogP contribution in [0.25, 0.3) is 5.52 Å². The van der Waals surface area contributed by atoms with E-state index in [0.717, 1.165) is 29.9 Å². The number of benzene rings is 1. The van der Waals surface area contributed by atoms with E-state index < -0.39 is 0 Å². The Balaban J connectivity index is 0.000000704. The van der Waals surface area contributed by atoms with Crippen molar-refractivity contribution < 1.29 is 0 Å². The maximum absolute atomic E-state index is 4.65. The molecule has 0 aliphatic rings. The van der Waals surface area contributed by atoms with Crippen molar-refractivity contribution in [2.24, 2.45) is 0 Å². The van der Waals surface area contributed by atoms with Gasteiger partial charge in [0.05, 0.1) is 11.2 Å². The van der Waals surface area contributed by atoms with Gasteiger partial charge < -0.3 is 0 Å². The molecular formula is C17H21N3. The number of hydrogen-bond acceptors (Lipinski definition) is 2. The van der Waals surface area contributed by atoms with Crippen LogP contribution in [0.2, 0.25) is 0 Å². The zero-order chi connectivity index (χ0) is 14.4. The minimum absolute atomic E-state index is 0.851. The van der Waals surface area contributed by atoms with Crippen molar-refractivity contribution in [1.29, 1.82) is 0 Å². The third kappa shape index (κ3) is 3.05. The molecule has 0 radical (unpaired) electrons. The van der Waals surface area contributed by atoms with Crippen LogP contribution in [0.15, 0.2) is 48.7 Å². The van der Waals surface area contributed by atoms with Crippen molar-refractivity contribution in [3.8, 4) is 0 Å². The third-order valence-electron chi connectivity index (χ3n) is 3.04. The van der Waals surface area contributed by atoms with E-state index in [1.165, 1.54) is 5.56 Å². The first-order valence-electron chi connectivity index (χ1n) is 7.24. The van der Waals surface area contributed by atoms with E-state index in [4.69, 9.17) is 0 Å². The average Bonchev–Trinajstić information content (AvgIpc) is 2.99. The first-order chi connectivity index (χ1) is 9.86. The predicted octanol–water partition coefficient (Wildman–Crippen LogP) is 3.91. The molecule has 0 aliphatic heterocycles. The van der Waals surface area contributed by atoms with E-state index in [2.05, 4.69) is 47.3 Å². The molecule has 0 saturated heterocycles. The summed E-state index contributed by atoms with van der Waals surface area (Å²) in [6, 6.07) is 14.5. The summed E-state index contributed by atoms with van der Waals surface area (Å²) in [5.41, 5.74) is 3.47. The maximum Gasteiger partial charge on any atom is 0.149 e. The average molecular weight is 267 g/mol. The van der Waals surface area contributed by atoms with Crippen molar-refractivity contribution in [2.45, 2.75) is 33.6 Å². The largest absolute Gasteiger partial charge is 0.237 e. The van der Waals surface area contributed by atoms with Gasteiger partial charge in [-0.15, -0.1) is 0 Å². The van der Waals surface area contributed by atoms with Crippen molar-refractivity contribution in [2.75, 3.05) is 0 Å². The summed E-state index contributed by atoms with van der Waals surface area (Å²) in [4.78, 5) is 4.65. The first kappa shape index (κ1) is 14.3. The minimum Gasteiger partial charge on any atom is -0.237 e. The molecular weight excluding hydrogens is 246 g/mol. The summed E-state index contributed by atoms with van der Waals surface area (Å²) in [5, 5.41) is 4.46. The molecule has 104 valence electrons. The number of nitrogens with zero attached hydrogens (tertiary/aromatic N) is 3. The molecule has 0 N–H and O–H groups in total. The van der Waals surface area contributed by atoms with Gasteiger partial charge in [0.1, 0.15) is 5.82 Å². The van der Waals surface area contributed by atoms with Gasteiger partial charge in [0.2, 0.25) is 0 Å². The van der Waals surface area contributed by atoms with Gasteiger partial charge in [-0.2, -0.15) is 5.10 Å². The van der Waals surface area contributed by atoms with Crippen LogP contribution in [0.4, 0.5) is 0 Å². The number of fused-ring (bicyclic) bond motifs is 1. The molecule has 3 nitrogen and oxygen atoms in total. The summed E-state index contributed by atoms with van der Waals surface area (Å²) in [5.74, 6) is 0.893. The summed E-state index contributed by atoms with van der Waals surface area (Å²) >= 11 is 0. The maximum atomic E-state index is 4.65. The summed E-state index contributed by atoms with van der Waals surface area (Å²) < 4.78 is 1.92. The second-order valence-corrected chi connectivity index (χ2v) is 4.33. The topological polar surface area (TPSA) is 30.2 Å². The first-order valence-corrected chi connectivity index (χ1v) is 7.24. The Kier molecular flexibility index (Phi) is 4.88. The number of aromatic nitrogens is 3. The smallest absolute Gasteiger partial charge is 0.149 e. The van der Waals surface area contributed by atoms with E-state index in [1.54, 1.807) is 0 Å².